The van der Waals surface area contributed by atoms with Crippen molar-refractivity contribution >= 4 is 29.3 Å². The van der Waals surface area contributed by atoms with E-state index in [2.05, 4.69) is 5.32 Å². The summed E-state index contributed by atoms with van der Waals surface area (Å²) in [6, 6.07) is 7.85. The Hall–Kier alpha value is -0.710. The zero-order valence-corrected chi connectivity index (χ0v) is 13.4. The van der Waals surface area contributed by atoms with Crippen molar-refractivity contribution in [2.24, 2.45) is 0 Å². The minimum Gasteiger partial charge on any atom is -0.465 e. The number of hydrogen-bond donors (Lipinski definition) is 1. The first-order chi connectivity index (χ1) is 9.59. The Morgan fingerprint density at radius 1 is 1.50 bits per heavy atom. The topological polar surface area (TPSA) is 38.3 Å². The van der Waals surface area contributed by atoms with Gasteiger partial charge in [0.15, 0.2) is 0 Å². The second-order valence-corrected chi connectivity index (χ2v) is 6.80. The van der Waals surface area contributed by atoms with Crippen LogP contribution in [-0.4, -0.2) is 30.4 Å². The third-order valence-corrected chi connectivity index (χ3v) is 5.26. The number of halogens is 1. The third-order valence-electron chi connectivity index (χ3n) is 3.73. The number of carbonyl (C=O) groups excluding carboxylic acids is 1. The van der Waals surface area contributed by atoms with Crippen LogP contribution in [0, 0.1) is 0 Å². The van der Waals surface area contributed by atoms with E-state index in [4.69, 9.17) is 16.3 Å². The molecule has 1 aliphatic carbocycles. The Kier molecular flexibility index (Phi) is 5.35. The Labute approximate surface area is 129 Å². The van der Waals surface area contributed by atoms with Crippen LogP contribution in [0.15, 0.2) is 29.2 Å². The van der Waals surface area contributed by atoms with Crippen molar-refractivity contribution in [2.45, 2.75) is 41.9 Å². The first-order valence-electron chi connectivity index (χ1n) is 6.88. The fourth-order valence-electron chi connectivity index (χ4n) is 2.59. The number of thioether (sulfide) groups is 1. The summed E-state index contributed by atoms with van der Waals surface area (Å²) < 4.78 is 5.21. The minimum absolute atomic E-state index is 0.123. The maximum atomic E-state index is 12.1. The van der Waals surface area contributed by atoms with E-state index >= 15 is 0 Å². The van der Waals surface area contributed by atoms with E-state index < -0.39 is 5.54 Å². The van der Waals surface area contributed by atoms with E-state index in [0.717, 1.165) is 24.3 Å². The summed E-state index contributed by atoms with van der Waals surface area (Å²) in [5.41, 5.74) is -0.514. The average molecular weight is 314 g/mol. The lowest BCUT2D eigenvalue weighted by Crippen LogP contribution is -2.49. The summed E-state index contributed by atoms with van der Waals surface area (Å²) in [5, 5.41) is 4.35. The monoisotopic (exact) mass is 313 g/mol. The van der Waals surface area contributed by atoms with Crippen molar-refractivity contribution in [2.75, 3.05) is 13.7 Å². The van der Waals surface area contributed by atoms with E-state index in [9.17, 15) is 4.79 Å². The number of ether oxygens (including phenoxy) is 1. The van der Waals surface area contributed by atoms with Gasteiger partial charge in [0.25, 0.3) is 0 Å². The standard InChI is InChI=1S/C15H20ClNO2S/c1-3-19-14(18)15(17-2)9-8-13(10-15)20-12-6-4-11(16)5-7-12/h4-7,13,17H,3,8-10H2,1-2H3. The van der Waals surface area contributed by atoms with Crippen LogP contribution in [0.5, 0.6) is 0 Å². The van der Waals surface area contributed by atoms with Crippen LogP contribution < -0.4 is 5.32 Å². The predicted octanol–water partition coefficient (Wildman–Crippen LogP) is 3.51. The molecule has 1 fully saturated rings. The van der Waals surface area contributed by atoms with Crippen LogP contribution in [0.3, 0.4) is 0 Å². The molecule has 1 aromatic carbocycles. The molecule has 0 heterocycles. The Bertz CT molecular complexity index is 465. The summed E-state index contributed by atoms with van der Waals surface area (Å²) in [6.07, 6.45) is 2.64. The zero-order valence-electron chi connectivity index (χ0n) is 11.8. The lowest BCUT2D eigenvalue weighted by atomic mass is 9.98. The molecule has 3 nitrogen and oxygen atoms in total. The third kappa shape index (κ3) is 3.48. The summed E-state index contributed by atoms with van der Waals surface area (Å²) in [5.74, 6) is -0.123. The van der Waals surface area contributed by atoms with Gasteiger partial charge in [0.05, 0.1) is 6.61 Å². The summed E-state index contributed by atoms with van der Waals surface area (Å²) in [6.45, 7) is 2.27. The molecule has 0 aromatic heterocycles. The fraction of sp³-hybridized carbons (Fsp3) is 0.533. The molecule has 110 valence electrons. The number of carbonyl (C=O) groups is 1. The molecule has 0 spiro atoms. The fourth-order valence-corrected chi connectivity index (χ4v) is 4.00. The molecular formula is C15H20ClNO2S. The van der Waals surface area contributed by atoms with Crippen molar-refractivity contribution in [3.8, 4) is 0 Å². The second kappa shape index (κ2) is 6.83. The van der Waals surface area contributed by atoms with Crippen LogP contribution in [-0.2, 0) is 9.53 Å². The van der Waals surface area contributed by atoms with E-state index in [1.165, 1.54) is 4.90 Å². The van der Waals surface area contributed by atoms with Gasteiger partial charge in [-0.1, -0.05) is 11.6 Å². The minimum atomic E-state index is -0.514. The molecule has 0 bridgehead atoms. The molecule has 2 rings (SSSR count). The van der Waals surface area contributed by atoms with Gasteiger partial charge in [0.2, 0.25) is 0 Å². The number of benzene rings is 1. The number of likely N-dealkylation sites (N-methyl/N-ethyl adjacent to an activating group) is 1. The number of esters is 1. The average Bonchev–Trinajstić information content (AvgIpc) is 2.86. The number of rotatable bonds is 5. The lowest BCUT2D eigenvalue weighted by molar-refractivity contribution is -0.150. The normalized spacial score (nSPS) is 25.6. The molecule has 2 atom stereocenters. The quantitative estimate of drug-likeness (QED) is 0.844. The van der Waals surface area contributed by atoms with Gasteiger partial charge in [-0.15, -0.1) is 11.8 Å². The second-order valence-electron chi connectivity index (χ2n) is 4.99. The SMILES string of the molecule is CCOC(=O)C1(NC)CCC(Sc2ccc(Cl)cc2)C1. The summed E-state index contributed by atoms with van der Waals surface area (Å²) in [4.78, 5) is 13.3. The highest BCUT2D eigenvalue weighted by Gasteiger charge is 2.45. The first-order valence-corrected chi connectivity index (χ1v) is 8.14. The highest BCUT2D eigenvalue weighted by Crippen LogP contribution is 2.40. The molecule has 1 aromatic rings. The van der Waals surface area contributed by atoms with Crippen LogP contribution >= 0.6 is 23.4 Å². The van der Waals surface area contributed by atoms with Gasteiger partial charge in [-0.25, -0.2) is 0 Å². The molecule has 0 saturated heterocycles. The maximum absolute atomic E-state index is 12.1. The van der Waals surface area contributed by atoms with Gasteiger partial charge >= 0.3 is 5.97 Å². The van der Waals surface area contributed by atoms with Crippen molar-refractivity contribution in [1.29, 1.82) is 0 Å². The van der Waals surface area contributed by atoms with E-state index in [1.807, 2.05) is 38.2 Å². The summed E-state index contributed by atoms with van der Waals surface area (Å²) in [7, 11) is 1.84. The molecule has 20 heavy (non-hydrogen) atoms. The Morgan fingerprint density at radius 2 is 2.20 bits per heavy atom. The Balaban J connectivity index is 2.00. The van der Waals surface area contributed by atoms with Crippen LogP contribution in [0.1, 0.15) is 26.2 Å². The van der Waals surface area contributed by atoms with Gasteiger partial charge in [0.1, 0.15) is 5.54 Å². The first kappa shape index (κ1) is 15.7. The predicted molar refractivity (Wildman–Crippen MR) is 83.4 cm³/mol. The van der Waals surface area contributed by atoms with Gasteiger partial charge in [-0.2, -0.15) is 0 Å². The molecule has 2 unspecified atom stereocenters. The molecule has 0 radical (unpaired) electrons. The van der Waals surface area contributed by atoms with Crippen LogP contribution in [0.2, 0.25) is 5.02 Å². The van der Waals surface area contributed by atoms with Crippen molar-refractivity contribution in [3.63, 3.8) is 0 Å². The lowest BCUT2D eigenvalue weighted by Gasteiger charge is -2.26. The van der Waals surface area contributed by atoms with Gasteiger partial charge in [-0.3, -0.25) is 4.79 Å². The number of hydrogen-bond acceptors (Lipinski definition) is 4. The van der Waals surface area contributed by atoms with Gasteiger partial charge in [0, 0.05) is 15.2 Å². The summed E-state index contributed by atoms with van der Waals surface area (Å²) >= 11 is 7.70. The van der Waals surface area contributed by atoms with Crippen molar-refractivity contribution in [3.05, 3.63) is 29.3 Å². The van der Waals surface area contributed by atoms with Crippen molar-refractivity contribution < 1.29 is 9.53 Å². The van der Waals surface area contributed by atoms with E-state index in [0.29, 0.717) is 11.9 Å². The highest BCUT2D eigenvalue weighted by atomic mass is 35.5. The zero-order chi connectivity index (χ0) is 14.6. The molecule has 1 saturated carbocycles. The van der Waals surface area contributed by atoms with Gasteiger partial charge < -0.3 is 10.1 Å². The molecular weight excluding hydrogens is 294 g/mol. The van der Waals surface area contributed by atoms with Gasteiger partial charge in [-0.05, 0) is 57.5 Å². The molecule has 1 N–H and O–H groups in total. The number of nitrogens with one attached hydrogen (secondary N) is 1. The molecule has 5 heteroatoms. The van der Waals surface area contributed by atoms with E-state index in [-0.39, 0.29) is 5.97 Å². The van der Waals surface area contributed by atoms with E-state index in [1.54, 1.807) is 11.8 Å². The van der Waals surface area contributed by atoms with Crippen LogP contribution in [0.4, 0.5) is 0 Å². The molecule has 0 aliphatic heterocycles. The van der Waals surface area contributed by atoms with Crippen LogP contribution in [0.25, 0.3) is 0 Å². The van der Waals surface area contributed by atoms with Crippen molar-refractivity contribution in [1.82, 2.24) is 5.32 Å². The molecule has 0 amide bonds. The highest BCUT2D eigenvalue weighted by molar-refractivity contribution is 8.00. The Morgan fingerprint density at radius 3 is 2.80 bits per heavy atom. The largest absolute Gasteiger partial charge is 0.465 e. The smallest absolute Gasteiger partial charge is 0.326 e. The molecule has 1 aliphatic rings. The maximum Gasteiger partial charge on any atom is 0.326 e.